The normalized spacial score (nSPS) is 55.2. The lowest BCUT2D eigenvalue weighted by atomic mass is 9.32. The molecule has 7 N–H and O–H groups in total. The van der Waals surface area contributed by atoms with Gasteiger partial charge in [0, 0.05) is 30.1 Å². The average Bonchev–Trinajstić information content (AvgIpc) is 3.89. The van der Waals surface area contributed by atoms with Crippen molar-refractivity contribution in [1.29, 1.82) is 0 Å². The first-order valence-corrected chi connectivity index (χ1v) is 28.1. The van der Waals surface area contributed by atoms with Gasteiger partial charge in [0.05, 0.1) is 18.9 Å². The number of nitrogens with two attached hydrogens (primary N) is 1. The monoisotopic (exact) mass is 961 g/mol. The molecular weight excluding hydrogens is 853 g/mol. The zero-order chi connectivity index (χ0) is 48.8. The third kappa shape index (κ3) is 7.08. The SMILES string of the molecule is C.C.C=C(C)[C@@H]1CC[C@]2(CO)CC[C@]3(C)[C@H](CC[C@@H]4[C@@]5(C)CC/C(=N/O)[C@](C)(CO)[C@@H]5CC[C@]43C)[C@@H]12.C=C(C)[C@@H]1CC[C@]2(CO)CC[C@]3(C)[C@H](CC[C@@H]4[C@@]5(C)CCC(N)[C@](C)(CO)[C@@H]5CC[C@]43C)[C@@H]12. The van der Waals surface area contributed by atoms with Gasteiger partial charge in [-0.15, -0.1) is 0 Å². The van der Waals surface area contributed by atoms with Gasteiger partial charge in [-0.1, -0.05) is 99.7 Å². The fourth-order valence-corrected chi connectivity index (χ4v) is 23.2. The third-order valence-electron chi connectivity index (χ3n) is 27.4. The Morgan fingerprint density at radius 1 is 0.507 bits per heavy atom. The quantitative estimate of drug-likeness (QED) is 0.0890. The van der Waals surface area contributed by atoms with Crippen LogP contribution in [0.4, 0.5) is 0 Å². The fraction of sp³-hybridized carbons (Fsp3) is 0.919. The van der Waals surface area contributed by atoms with Crippen LogP contribution in [0.15, 0.2) is 29.5 Å². The van der Waals surface area contributed by atoms with Gasteiger partial charge in [0.1, 0.15) is 0 Å². The fourth-order valence-electron chi connectivity index (χ4n) is 23.2. The van der Waals surface area contributed by atoms with E-state index >= 15 is 0 Å². The molecule has 10 fully saturated rings. The van der Waals surface area contributed by atoms with E-state index in [0.29, 0.717) is 83.2 Å². The summed E-state index contributed by atoms with van der Waals surface area (Å²) in [6.45, 7) is 34.4. The maximum atomic E-state index is 10.7. The van der Waals surface area contributed by atoms with E-state index < -0.39 is 5.41 Å². The van der Waals surface area contributed by atoms with E-state index in [4.69, 9.17) is 5.73 Å². The Hall–Kier alpha value is -1.25. The molecule has 0 aromatic heterocycles. The lowest BCUT2D eigenvalue weighted by Crippen LogP contribution is -2.68. The van der Waals surface area contributed by atoms with E-state index in [1.54, 1.807) is 0 Å². The molecule has 69 heavy (non-hydrogen) atoms. The second-order valence-electron chi connectivity index (χ2n) is 28.8. The number of hydrogen-bond donors (Lipinski definition) is 6. The number of fused-ring (bicyclic) bond motifs is 14. The first-order chi connectivity index (χ1) is 31.4. The van der Waals surface area contributed by atoms with Gasteiger partial charge in [0.25, 0.3) is 0 Å². The standard InChI is InChI=1S/C30H49NO3.C30H51NO2.2CH4/c1-19(2)20-9-14-30(18-33)16-15-28(5)21(25(20)30)7-8-23-26(3)12-11-24(31-34)27(4,17-32)22(26)10-13-29(23,28)6;1-19(2)20-9-14-30(18-33)16-15-28(5)21(25(20)30)7-8-23-26(3)12-11-24(31)27(4,17-32)22(26)10-13-29(23,28)6;;/h20-23,25,32-34H,1,7-18H2,2-6H3;20-25,32-33H,1,7-18,31H2,2-6H3;2*1H4/b31-24-;;;/t20-,21+,22+,23+,25+,26-,27+,28+,29+,30+;20-,21+,22+,23+,24?,25+,26-,27+,28+,29+,30+;;/m00../s1. The van der Waals surface area contributed by atoms with Crippen LogP contribution in [0.1, 0.15) is 213 Å². The van der Waals surface area contributed by atoms with Crippen LogP contribution < -0.4 is 5.73 Å². The largest absolute Gasteiger partial charge is 0.411 e. The van der Waals surface area contributed by atoms with Crippen LogP contribution in [0, 0.1) is 113 Å². The molecule has 0 amide bonds. The van der Waals surface area contributed by atoms with E-state index in [1.165, 1.54) is 101 Å². The molecule has 0 spiro atoms. The summed E-state index contributed by atoms with van der Waals surface area (Å²) < 4.78 is 0. The number of nitrogens with zero attached hydrogens (tertiary/aromatic N) is 1. The van der Waals surface area contributed by atoms with E-state index in [0.717, 1.165) is 44.2 Å². The van der Waals surface area contributed by atoms with Crippen molar-refractivity contribution in [2.24, 2.45) is 124 Å². The predicted octanol–water partition coefficient (Wildman–Crippen LogP) is 13.6. The maximum absolute atomic E-state index is 10.7. The van der Waals surface area contributed by atoms with Gasteiger partial charge in [0.15, 0.2) is 0 Å². The Morgan fingerprint density at radius 3 is 1.36 bits per heavy atom. The summed E-state index contributed by atoms with van der Waals surface area (Å²) in [5.74, 6) is 5.86. The summed E-state index contributed by atoms with van der Waals surface area (Å²) in [5, 5.41) is 55.8. The molecule has 396 valence electrons. The molecule has 0 aromatic carbocycles. The molecular formula is C62H108N2O5. The second-order valence-corrected chi connectivity index (χ2v) is 28.8. The Morgan fingerprint density at radius 2 is 0.957 bits per heavy atom. The van der Waals surface area contributed by atoms with Crippen molar-refractivity contribution < 1.29 is 25.6 Å². The third-order valence-corrected chi connectivity index (χ3v) is 27.4. The highest BCUT2D eigenvalue weighted by Gasteiger charge is 2.73. The zero-order valence-electron chi connectivity index (χ0n) is 44.5. The van der Waals surface area contributed by atoms with Gasteiger partial charge in [0.2, 0.25) is 0 Å². The molecule has 0 bridgehead atoms. The molecule has 21 atom stereocenters. The van der Waals surface area contributed by atoms with Crippen LogP contribution in [-0.4, -0.2) is 63.8 Å². The minimum Gasteiger partial charge on any atom is -0.411 e. The molecule has 10 aliphatic rings. The minimum absolute atomic E-state index is 0. The summed E-state index contributed by atoms with van der Waals surface area (Å²) in [6.07, 6.45) is 23.6. The summed E-state index contributed by atoms with van der Waals surface area (Å²) in [7, 11) is 0. The first-order valence-electron chi connectivity index (χ1n) is 28.1. The summed E-state index contributed by atoms with van der Waals surface area (Å²) in [6, 6.07) is 0.117. The first kappa shape index (κ1) is 55.5. The van der Waals surface area contributed by atoms with Crippen LogP contribution in [0.2, 0.25) is 0 Å². The van der Waals surface area contributed by atoms with E-state index in [9.17, 15) is 25.6 Å². The molecule has 10 saturated carbocycles. The molecule has 0 aliphatic heterocycles. The molecule has 1 unspecified atom stereocenters. The van der Waals surface area contributed by atoms with Crippen LogP contribution in [0.25, 0.3) is 0 Å². The molecule has 10 aliphatic carbocycles. The molecule has 0 saturated heterocycles. The van der Waals surface area contributed by atoms with Crippen LogP contribution in [0.5, 0.6) is 0 Å². The highest BCUT2D eigenvalue weighted by atomic mass is 16.4. The van der Waals surface area contributed by atoms with Crippen molar-refractivity contribution in [3.05, 3.63) is 24.3 Å². The van der Waals surface area contributed by atoms with Crippen LogP contribution in [-0.2, 0) is 0 Å². The minimum atomic E-state index is -0.421. The Bertz CT molecular complexity index is 1970. The number of aliphatic hydroxyl groups excluding tert-OH is 4. The lowest BCUT2D eigenvalue weighted by Gasteiger charge is -2.73. The summed E-state index contributed by atoms with van der Waals surface area (Å²) in [5.41, 5.74) is 11.4. The lowest BCUT2D eigenvalue weighted by molar-refractivity contribution is -0.244. The Labute approximate surface area is 423 Å². The number of hydrogen-bond acceptors (Lipinski definition) is 7. The molecule has 7 heteroatoms. The van der Waals surface area contributed by atoms with Gasteiger partial charge >= 0.3 is 0 Å². The highest BCUT2D eigenvalue weighted by molar-refractivity contribution is 5.91. The predicted molar refractivity (Wildman–Crippen MR) is 286 cm³/mol. The number of rotatable bonds is 6. The highest BCUT2D eigenvalue weighted by Crippen LogP contribution is 2.79. The Balaban J connectivity index is 0.000000198. The van der Waals surface area contributed by atoms with Crippen LogP contribution >= 0.6 is 0 Å². The smallest absolute Gasteiger partial charge is 0.0655 e. The molecule has 0 heterocycles. The van der Waals surface area contributed by atoms with Crippen molar-refractivity contribution in [2.75, 3.05) is 26.4 Å². The maximum Gasteiger partial charge on any atom is 0.0655 e. The Kier molecular flexibility index (Phi) is 14.7. The van der Waals surface area contributed by atoms with E-state index in [2.05, 4.69) is 87.6 Å². The van der Waals surface area contributed by atoms with Crippen LogP contribution in [0.3, 0.4) is 0 Å². The summed E-state index contributed by atoms with van der Waals surface area (Å²) in [4.78, 5) is 0. The number of aliphatic hydroxyl groups is 4. The van der Waals surface area contributed by atoms with Crippen molar-refractivity contribution >= 4 is 5.71 Å². The second kappa shape index (κ2) is 18.2. The van der Waals surface area contributed by atoms with Crippen molar-refractivity contribution in [2.45, 2.75) is 219 Å². The van der Waals surface area contributed by atoms with Crippen molar-refractivity contribution in [3.63, 3.8) is 0 Å². The molecule has 7 nitrogen and oxygen atoms in total. The van der Waals surface area contributed by atoms with E-state index in [1.807, 2.05) is 0 Å². The topological polar surface area (TPSA) is 140 Å². The number of oxime groups is 1. The van der Waals surface area contributed by atoms with Gasteiger partial charge in [-0.25, -0.2) is 0 Å². The van der Waals surface area contributed by atoms with E-state index in [-0.39, 0.29) is 72.0 Å². The van der Waals surface area contributed by atoms with Gasteiger partial charge in [-0.2, -0.15) is 0 Å². The zero-order valence-corrected chi connectivity index (χ0v) is 44.5. The van der Waals surface area contributed by atoms with Crippen molar-refractivity contribution in [3.8, 4) is 0 Å². The molecule has 0 aromatic rings. The van der Waals surface area contributed by atoms with Gasteiger partial charge in [-0.05, 0) is 245 Å². The number of allylic oxidation sites excluding steroid dienone is 2. The summed E-state index contributed by atoms with van der Waals surface area (Å²) >= 11 is 0. The molecule has 10 rings (SSSR count). The average molecular weight is 962 g/mol. The van der Waals surface area contributed by atoms with Crippen molar-refractivity contribution in [1.82, 2.24) is 0 Å². The van der Waals surface area contributed by atoms with Gasteiger partial charge in [-0.3, -0.25) is 0 Å². The molecule has 0 radical (unpaired) electrons. The van der Waals surface area contributed by atoms with Gasteiger partial charge < -0.3 is 31.4 Å².